The second-order valence-electron chi connectivity index (χ2n) is 2.85. The van der Waals surface area contributed by atoms with Crippen LogP contribution in [0.4, 0.5) is 5.69 Å². The van der Waals surface area contributed by atoms with Gasteiger partial charge in [-0.3, -0.25) is 4.98 Å². The predicted octanol–water partition coefficient (Wildman–Crippen LogP) is 1.54. The van der Waals surface area contributed by atoms with E-state index in [2.05, 4.69) is 10.3 Å². The molecule has 4 heteroatoms. The van der Waals surface area contributed by atoms with Crippen LogP contribution in [0.5, 0.6) is 5.75 Å². The number of methoxy groups -OCH3 is 1. The van der Waals surface area contributed by atoms with E-state index in [-0.39, 0.29) is 0 Å². The summed E-state index contributed by atoms with van der Waals surface area (Å²) in [6, 6.07) is 1.92. The van der Waals surface area contributed by atoms with E-state index in [0.717, 1.165) is 24.5 Å². The minimum atomic E-state index is 0.655. The number of ether oxygens (including phenoxy) is 2. The average molecular weight is 196 g/mol. The molecule has 0 saturated heterocycles. The highest BCUT2D eigenvalue weighted by Crippen LogP contribution is 2.14. The van der Waals surface area contributed by atoms with Gasteiger partial charge in [-0.1, -0.05) is 0 Å². The van der Waals surface area contributed by atoms with Crippen molar-refractivity contribution in [2.45, 2.75) is 6.42 Å². The number of anilines is 1. The van der Waals surface area contributed by atoms with Crippen molar-refractivity contribution in [3.8, 4) is 5.75 Å². The van der Waals surface area contributed by atoms with Crippen LogP contribution in [-0.4, -0.2) is 32.4 Å². The van der Waals surface area contributed by atoms with Gasteiger partial charge in [0.2, 0.25) is 0 Å². The Bertz CT molecular complexity index is 266. The third-order valence-corrected chi connectivity index (χ3v) is 1.76. The smallest absolute Gasteiger partial charge is 0.139 e. The number of nitrogens with one attached hydrogen (secondary N) is 1. The number of pyridine rings is 1. The number of hydrogen-bond acceptors (Lipinski definition) is 4. The fraction of sp³-hybridized carbons (Fsp3) is 0.500. The molecule has 0 spiro atoms. The monoisotopic (exact) mass is 196 g/mol. The van der Waals surface area contributed by atoms with E-state index in [4.69, 9.17) is 9.47 Å². The first-order valence-electron chi connectivity index (χ1n) is 4.61. The Morgan fingerprint density at radius 3 is 2.93 bits per heavy atom. The van der Waals surface area contributed by atoms with Crippen molar-refractivity contribution in [3.63, 3.8) is 0 Å². The van der Waals surface area contributed by atoms with Crippen molar-refractivity contribution in [2.75, 3.05) is 32.7 Å². The number of hydrogen-bond donors (Lipinski definition) is 1. The summed E-state index contributed by atoms with van der Waals surface area (Å²) in [6.45, 7) is 1.38. The first-order valence-corrected chi connectivity index (χ1v) is 4.61. The molecule has 4 nitrogen and oxygen atoms in total. The third kappa shape index (κ3) is 3.62. The van der Waals surface area contributed by atoms with Crippen molar-refractivity contribution in [1.82, 2.24) is 4.98 Å². The van der Waals surface area contributed by atoms with Crippen LogP contribution >= 0.6 is 0 Å². The second kappa shape index (κ2) is 6.21. The Labute approximate surface area is 84.3 Å². The molecule has 14 heavy (non-hydrogen) atoms. The zero-order valence-corrected chi connectivity index (χ0v) is 8.62. The average Bonchev–Trinajstić information content (AvgIpc) is 2.25. The first-order chi connectivity index (χ1) is 6.86. The lowest BCUT2D eigenvalue weighted by molar-refractivity contribution is 0.172. The maximum atomic E-state index is 5.47. The molecule has 1 rings (SSSR count). The molecular formula is C10H16N2O2. The molecule has 1 aromatic heterocycles. The summed E-state index contributed by atoms with van der Waals surface area (Å²) in [5, 5.41) is 3.00. The summed E-state index contributed by atoms with van der Waals surface area (Å²) in [7, 11) is 3.54. The van der Waals surface area contributed by atoms with E-state index in [0.29, 0.717) is 6.61 Å². The van der Waals surface area contributed by atoms with Crippen molar-refractivity contribution in [2.24, 2.45) is 0 Å². The van der Waals surface area contributed by atoms with E-state index in [1.165, 1.54) is 0 Å². The first kappa shape index (κ1) is 10.8. The van der Waals surface area contributed by atoms with Gasteiger partial charge in [0.15, 0.2) is 0 Å². The van der Waals surface area contributed by atoms with Gasteiger partial charge >= 0.3 is 0 Å². The molecule has 0 fully saturated rings. The quantitative estimate of drug-likeness (QED) is 0.701. The number of nitrogens with zero attached hydrogens (tertiary/aromatic N) is 1. The molecular weight excluding hydrogens is 180 g/mol. The van der Waals surface area contributed by atoms with Crippen molar-refractivity contribution in [1.29, 1.82) is 0 Å². The van der Waals surface area contributed by atoms with E-state index in [9.17, 15) is 0 Å². The summed E-state index contributed by atoms with van der Waals surface area (Å²) in [6.07, 6.45) is 4.34. The second-order valence-corrected chi connectivity index (χ2v) is 2.85. The fourth-order valence-electron chi connectivity index (χ4n) is 1.03. The van der Waals surface area contributed by atoms with E-state index in [1.54, 1.807) is 19.5 Å². The molecule has 0 unspecified atom stereocenters. The SMILES string of the molecule is CNc1cncc(OCCCOC)c1. The molecule has 1 N–H and O–H groups in total. The zero-order valence-electron chi connectivity index (χ0n) is 8.62. The van der Waals surface area contributed by atoms with Gasteiger partial charge in [0.25, 0.3) is 0 Å². The van der Waals surface area contributed by atoms with E-state index in [1.807, 2.05) is 13.1 Å². The summed E-state index contributed by atoms with van der Waals surface area (Å²) < 4.78 is 10.4. The lowest BCUT2D eigenvalue weighted by Gasteiger charge is -2.06. The molecule has 0 atom stereocenters. The highest BCUT2D eigenvalue weighted by Gasteiger charge is 1.95. The molecule has 0 bridgehead atoms. The Balaban J connectivity index is 2.34. The number of aromatic nitrogens is 1. The van der Waals surface area contributed by atoms with Gasteiger partial charge in [-0.25, -0.2) is 0 Å². The highest BCUT2D eigenvalue weighted by molar-refractivity contribution is 5.44. The highest BCUT2D eigenvalue weighted by atomic mass is 16.5. The minimum absolute atomic E-state index is 0.655. The van der Waals surface area contributed by atoms with Gasteiger partial charge in [0.1, 0.15) is 5.75 Å². The summed E-state index contributed by atoms with van der Waals surface area (Å²) >= 11 is 0. The van der Waals surface area contributed by atoms with Crippen molar-refractivity contribution < 1.29 is 9.47 Å². The van der Waals surface area contributed by atoms with E-state index >= 15 is 0 Å². The molecule has 0 radical (unpaired) electrons. The summed E-state index contributed by atoms with van der Waals surface area (Å²) in [5.74, 6) is 0.785. The van der Waals surface area contributed by atoms with Crippen molar-refractivity contribution >= 4 is 5.69 Å². The minimum Gasteiger partial charge on any atom is -0.492 e. The van der Waals surface area contributed by atoms with Gasteiger partial charge in [0.05, 0.1) is 24.7 Å². The topological polar surface area (TPSA) is 43.4 Å². The zero-order chi connectivity index (χ0) is 10.2. The maximum Gasteiger partial charge on any atom is 0.139 e. The lowest BCUT2D eigenvalue weighted by Crippen LogP contribution is -2.02. The van der Waals surface area contributed by atoms with Crippen molar-refractivity contribution in [3.05, 3.63) is 18.5 Å². The molecule has 78 valence electrons. The van der Waals surface area contributed by atoms with Gasteiger partial charge in [-0.15, -0.1) is 0 Å². The predicted molar refractivity (Wildman–Crippen MR) is 55.8 cm³/mol. The molecule has 0 aromatic carbocycles. The Morgan fingerprint density at radius 2 is 2.21 bits per heavy atom. The fourth-order valence-corrected chi connectivity index (χ4v) is 1.03. The Hall–Kier alpha value is -1.29. The summed E-state index contributed by atoms with van der Waals surface area (Å²) in [4.78, 5) is 4.04. The van der Waals surface area contributed by atoms with Gasteiger partial charge in [-0.2, -0.15) is 0 Å². The molecule has 1 aromatic rings. The molecule has 0 aliphatic rings. The summed E-state index contributed by atoms with van der Waals surface area (Å²) in [5.41, 5.74) is 0.953. The molecule has 0 aliphatic heterocycles. The van der Waals surface area contributed by atoms with Crippen LogP contribution in [-0.2, 0) is 4.74 Å². The largest absolute Gasteiger partial charge is 0.492 e. The normalized spacial score (nSPS) is 9.86. The Kier molecular flexibility index (Phi) is 4.78. The molecule has 1 heterocycles. The lowest BCUT2D eigenvalue weighted by atomic mass is 10.4. The van der Waals surface area contributed by atoms with Crippen LogP contribution < -0.4 is 10.1 Å². The standard InChI is InChI=1S/C10H16N2O2/c1-11-9-6-10(8-12-7-9)14-5-3-4-13-2/h6-8,11H,3-5H2,1-2H3. The van der Waals surface area contributed by atoms with Crippen LogP contribution in [0.25, 0.3) is 0 Å². The molecule has 0 aliphatic carbocycles. The molecule has 0 saturated carbocycles. The van der Waals surface area contributed by atoms with Crippen LogP contribution in [0.15, 0.2) is 18.5 Å². The van der Waals surface area contributed by atoms with Crippen LogP contribution in [0.1, 0.15) is 6.42 Å². The van der Waals surface area contributed by atoms with Gasteiger partial charge in [-0.05, 0) is 0 Å². The van der Waals surface area contributed by atoms with Gasteiger partial charge in [0, 0.05) is 33.3 Å². The Morgan fingerprint density at radius 1 is 1.36 bits per heavy atom. The van der Waals surface area contributed by atoms with Crippen LogP contribution in [0, 0.1) is 0 Å². The van der Waals surface area contributed by atoms with Gasteiger partial charge < -0.3 is 14.8 Å². The number of rotatable bonds is 6. The maximum absolute atomic E-state index is 5.47. The van der Waals surface area contributed by atoms with E-state index < -0.39 is 0 Å². The van der Waals surface area contributed by atoms with Crippen LogP contribution in [0.2, 0.25) is 0 Å². The van der Waals surface area contributed by atoms with Crippen LogP contribution in [0.3, 0.4) is 0 Å². The third-order valence-electron chi connectivity index (χ3n) is 1.76. The molecule has 0 amide bonds.